The number of rotatable bonds is 7. The Balaban J connectivity index is 1.00. The molecule has 0 saturated carbocycles. The number of para-hydroxylation sites is 2. The Labute approximate surface area is 396 Å². The first-order chi connectivity index (χ1) is 33.5. The third-order valence-electron chi connectivity index (χ3n) is 14.2. The molecule has 0 fully saturated rings. The summed E-state index contributed by atoms with van der Waals surface area (Å²) in [5, 5.41) is 4.78. The highest BCUT2D eigenvalue weighted by Crippen LogP contribution is 2.50. The standard InChI is InChI=1S/C65H45N3/c1-65(2)58-26-14-11-23-53(58)54-34-33-46(40-59(54)65)47-37-48(39-49(38-47)68-62-27-15-12-24-56(62)57-25-13-16-28-63(57)68)50-35-36-55(52-22-10-9-21-51(50)52)61-41-60(66-64(67-61)45-19-7-4-8-20-45)44-31-29-43(30-32-44)42-17-5-3-6-18-42/h3-41H,1-2H3. The number of hydrogen-bond donors (Lipinski definition) is 0. The van der Waals surface area contributed by atoms with Crippen LogP contribution in [0, 0.1) is 0 Å². The fourth-order valence-corrected chi connectivity index (χ4v) is 10.8. The van der Waals surface area contributed by atoms with Crippen molar-refractivity contribution in [3.8, 4) is 84.1 Å². The van der Waals surface area contributed by atoms with Crippen molar-refractivity contribution in [3.63, 3.8) is 0 Å². The van der Waals surface area contributed by atoms with Crippen molar-refractivity contribution in [2.75, 3.05) is 0 Å². The lowest BCUT2D eigenvalue weighted by Gasteiger charge is -2.22. The maximum absolute atomic E-state index is 5.32. The quantitative estimate of drug-likeness (QED) is 0.160. The third kappa shape index (κ3) is 6.50. The number of hydrogen-bond acceptors (Lipinski definition) is 2. The van der Waals surface area contributed by atoms with Gasteiger partial charge in [0.25, 0.3) is 0 Å². The van der Waals surface area contributed by atoms with Gasteiger partial charge in [-0.15, -0.1) is 0 Å². The van der Waals surface area contributed by atoms with Gasteiger partial charge in [-0.2, -0.15) is 0 Å². The minimum absolute atomic E-state index is 0.117. The molecule has 0 spiro atoms. The lowest BCUT2D eigenvalue weighted by Crippen LogP contribution is -2.14. The normalized spacial score (nSPS) is 12.7. The van der Waals surface area contributed by atoms with Gasteiger partial charge in [0, 0.05) is 38.6 Å². The molecule has 1 aliphatic carbocycles. The van der Waals surface area contributed by atoms with E-state index in [0.29, 0.717) is 5.82 Å². The SMILES string of the molecule is CC1(C)c2ccccc2-c2ccc(-c3cc(-c4ccc(-c5cc(-c6ccc(-c7ccccc7)cc6)nc(-c6ccccc6)n5)c5ccccc45)cc(-n4c5ccccc5c5ccccc54)c3)cc21. The molecule has 320 valence electrons. The lowest BCUT2D eigenvalue weighted by atomic mass is 9.81. The summed E-state index contributed by atoms with van der Waals surface area (Å²) >= 11 is 0. The van der Waals surface area contributed by atoms with Crippen LogP contribution in [0.15, 0.2) is 237 Å². The van der Waals surface area contributed by atoms with Crippen LogP contribution < -0.4 is 0 Å². The maximum Gasteiger partial charge on any atom is 0.160 e. The molecule has 0 aliphatic heterocycles. The minimum atomic E-state index is -0.117. The summed E-state index contributed by atoms with van der Waals surface area (Å²) < 4.78 is 2.45. The minimum Gasteiger partial charge on any atom is -0.309 e. The van der Waals surface area contributed by atoms with Gasteiger partial charge in [-0.05, 0) is 109 Å². The Morgan fingerprint density at radius 2 is 0.809 bits per heavy atom. The van der Waals surface area contributed by atoms with Crippen LogP contribution in [0.5, 0.6) is 0 Å². The summed E-state index contributed by atoms with van der Waals surface area (Å²) in [6.45, 7) is 4.72. The van der Waals surface area contributed by atoms with E-state index in [1.165, 1.54) is 66.3 Å². The predicted molar refractivity (Wildman–Crippen MR) is 284 cm³/mol. The van der Waals surface area contributed by atoms with Gasteiger partial charge in [-0.25, -0.2) is 9.97 Å². The Bertz CT molecular complexity index is 3860. The van der Waals surface area contributed by atoms with Crippen molar-refractivity contribution in [3.05, 3.63) is 248 Å². The Morgan fingerprint density at radius 3 is 1.53 bits per heavy atom. The number of aromatic nitrogens is 3. The molecule has 0 unspecified atom stereocenters. The predicted octanol–water partition coefficient (Wildman–Crippen LogP) is 17.0. The zero-order chi connectivity index (χ0) is 45.3. The van der Waals surface area contributed by atoms with Crippen LogP contribution >= 0.6 is 0 Å². The molecule has 1 aliphatic rings. The maximum atomic E-state index is 5.32. The second kappa shape index (κ2) is 15.8. The molecule has 0 bridgehead atoms. The molecule has 2 heterocycles. The molecule has 0 amide bonds. The van der Waals surface area contributed by atoms with Crippen LogP contribution in [-0.4, -0.2) is 14.5 Å². The van der Waals surface area contributed by atoms with E-state index in [2.05, 4.69) is 237 Å². The molecule has 2 aromatic heterocycles. The average Bonchev–Trinajstić information content (AvgIpc) is 3.86. The average molecular weight is 868 g/mol. The smallest absolute Gasteiger partial charge is 0.160 e. The fourth-order valence-electron chi connectivity index (χ4n) is 10.8. The van der Waals surface area contributed by atoms with Gasteiger partial charge < -0.3 is 4.57 Å². The zero-order valence-corrected chi connectivity index (χ0v) is 37.9. The van der Waals surface area contributed by atoms with Gasteiger partial charge in [0.1, 0.15) is 0 Å². The van der Waals surface area contributed by atoms with E-state index in [9.17, 15) is 0 Å². The summed E-state index contributed by atoms with van der Waals surface area (Å²) in [6, 6.07) is 85.8. The van der Waals surface area contributed by atoms with Gasteiger partial charge >= 0.3 is 0 Å². The third-order valence-corrected chi connectivity index (χ3v) is 14.2. The largest absolute Gasteiger partial charge is 0.309 e. The molecule has 3 nitrogen and oxygen atoms in total. The van der Waals surface area contributed by atoms with Crippen LogP contribution in [0.4, 0.5) is 0 Å². The van der Waals surface area contributed by atoms with Crippen LogP contribution in [-0.2, 0) is 5.41 Å². The summed E-state index contributed by atoms with van der Waals surface area (Å²) in [7, 11) is 0. The van der Waals surface area contributed by atoms with Crippen LogP contribution in [0.3, 0.4) is 0 Å². The van der Waals surface area contributed by atoms with Gasteiger partial charge in [-0.1, -0.05) is 208 Å². The zero-order valence-electron chi connectivity index (χ0n) is 37.9. The van der Waals surface area contributed by atoms with E-state index in [0.717, 1.165) is 55.7 Å². The molecule has 68 heavy (non-hydrogen) atoms. The Kier molecular flexibility index (Phi) is 9.19. The summed E-state index contributed by atoms with van der Waals surface area (Å²) in [5.41, 5.74) is 20.7. The topological polar surface area (TPSA) is 30.7 Å². The van der Waals surface area contributed by atoms with E-state index >= 15 is 0 Å². The van der Waals surface area contributed by atoms with Crippen LogP contribution in [0.2, 0.25) is 0 Å². The van der Waals surface area contributed by atoms with Crippen molar-refractivity contribution in [2.24, 2.45) is 0 Å². The summed E-state index contributed by atoms with van der Waals surface area (Å²) in [5.74, 6) is 0.697. The van der Waals surface area contributed by atoms with Gasteiger partial charge in [-0.3, -0.25) is 0 Å². The first-order valence-corrected chi connectivity index (χ1v) is 23.5. The number of benzene rings is 10. The van der Waals surface area contributed by atoms with Gasteiger partial charge in [0.05, 0.1) is 22.4 Å². The molecular weight excluding hydrogens is 823 g/mol. The molecule has 13 rings (SSSR count). The molecule has 10 aromatic carbocycles. The van der Waals surface area contributed by atoms with Crippen molar-refractivity contribution >= 4 is 32.6 Å². The molecule has 12 aromatic rings. The second-order valence-corrected chi connectivity index (χ2v) is 18.5. The van der Waals surface area contributed by atoms with Crippen LogP contribution in [0.1, 0.15) is 25.0 Å². The van der Waals surface area contributed by atoms with Gasteiger partial charge in [0.2, 0.25) is 0 Å². The van der Waals surface area contributed by atoms with Crippen molar-refractivity contribution in [1.29, 1.82) is 0 Å². The molecule has 0 N–H and O–H groups in total. The van der Waals surface area contributed by atoms with E-state index in [1.807, 2.05) is 18.2 Å². The summed E-state index contributed by atoms with van der Waals surface area (Å²) in [4.78, 5) is 10.5. The van der Waals surface area contributed by atoms with Crippen molar-refractivity contribution in [2.45, 2.75) is 19.3 Å². The molecule has 0 atom stereocenters. The highest BCUT2D eigenvalue weighted by atomic mass is 15.0. The first kappa shape index (κ1) is 39.7. The Morgan fingerprint density at radius 1 is 0.309 bits per heavy atom. The second-order valence-electron chi connectivity index (χ2n) is 18.5. The van der Waals surface area contributed by atoms with Crippen LogP contribution in [0.25, 0.3) is 117 Å². The fraction of sp³-hybridized carbons (Fsp3) is 0.0462. The summed E-state index contributed by atoms with van der Waals surface area (Å²) in [6.07, 6.45) is 0. The van der Waals surface area contributed by atoms with Crippen molar-refractivity contribution < 1.29 is 0 Å². The van der Waals surface area contributed by atoms with E-state index < -0.39 is 0 Å². The van der Waals surface area contributed by atoms with E-state index in [1.54, 1.807) is 0 Å². The monoisotopic (exact) mass is 867 g/mol. The van der Waals surface area contributed by atoms with E-state index in [-0.39, 0.29) is 5.41 Å². The number of fused-ring (bicyclic) bond motifs is 7. The molecule has 0 radical (unpaired) electrons. The number of nitrogens with zero attached hydrogens (tertiary/aromatic N) is 3. The van der Waals surface area contributed by atoms with E-state index in [4.69, 9.17) is 9.97 Å². The lowest BCUT2D eigenvalue weighted by molar-refractivity contribution is 0.660. The molecule has 0 saturated heterocycles. The molecular formula is C65H45N3. The van der Waals surface area contributed by atoms with Gasteiger partial charge in [0.15, 0.2) is 5.82 Å². The first-order valence-electron chi connectivity index (χ1n) is 23.5. The molecule has 3 heteroatoms. The highest BCUT2D eigenvalue weighted by Gasteiger charge is 2.35. The van der Waals surface area contributed by atoms with Crippen molar-refractivity contribution in [1.82, 2.24) is 14.5 Å². The Hall–Kier alpha value is -8.66. The highest BCUT2D eigenvalue weighted by molar-refractivity contribution is 6.10.